The molecule has 0 bridgehead atoms. The molecule has 154 valence electrons. The van der Waals surface area contributed by atoms with Crippen LogP contribution in [0.15, 0.2) is 82.6 Å². The summed E-state index contributed by atoms with van der Waals surface area (Å²) in [6, 6.07) is 19.3. The van der Waals surface area contributed by atoms with Gasteiger partial charge >= 0.3 is 6.03 Å². The SMILES string of the molecule is O=C(N/N=C/C1=C(N2CCOCC2)C(=C/c2ccccc2)/CC1)Nc1ccccc1. The molecule has 0 aromatic heterocycles. The highest BCUT2D eigenvalue weighted by molar-refractivity contribution is 5.90. The van der Waals surface area contributed by atoms with Crippen LogP contribution >= 0.6 is 0 Å². The molecule has 0 atom stereocenters. The van der Waals surface area contributed by atoms with Gasteiger partial charge in [0.1, 0.15) is 0 Å². The van der Waals surface area contributed by atoms with Crippen LogP contribution < -0.4 is 10.7 Å². The van der Waals surface area contributed by atoms with Gasteiger partial charge in [0.25, 0.3) is 0 Å². The van der Waals surface area contributed by atoms with Crippen molar-refractivity contribution in [1.29, 1.82) is 0 Å². The van der Waals surface area contributed by atoms with Crippen LogP contribution in [0.3, 0.4) is 0 Å². The van der Waals surface area contributed by atoms with Crippen LogP contribution in [0.2, 0.25) is 0 Å². The highest BCUT2D eigenvalue weighted by Gasteiger charge is 2.25. The molecule has 1 aliphatic heterocycles. The molecule has 2 amide bonds. The lowest BCUT2D eigenvalue weighted by Crippen LogP contribution is -2.36. The minimum atomic E-state index is -0.357. The average molecular weight is 402 g/mol. The van der Waals surface area contributed by atoms with Crippen molar-refractivity contribution in [2.45, 2.75) is 12.8 Å². The Morgan fingerprint density at radius 1 is 0.967 bits per heavy atom. The Hall–Kier alpha value is -3.38. The van der Waals surface area contributed by atoms with E-state index in [1.165, 1.54) is 16.8 Å². The summed E-state index contributed by atoms with van der Waals surface area (Å²) < 4.78 is 5.53. The van der Waals surface area contributed by atoms with Crippen molar-refractivity contribution in [3.63, 3.8) is 0 Å². The number of anilines is 1. The van der Waals surface area contributed by atoms with Gasteiger partial charge in [-0.2, -0.15) is 5.10 Å². The van der Waals surface area contributed by atoms with E-state index in [2.05, 4.69) is 51.1 Å². The first-order valence-electron chi connectivity index (χ1n) is 10.3. The number of urea groups is 1. The van der Waals surface area contributed by atoms with Crippen molar-refractivity contribution in [1.82, 2.24) is 10.3 Å². The number of allylic oxidation sites excluding steroid dienone is 2. The number of ether oxygens (including phenoxy) is 1. The molecule has 2 aromatic carbocycles. The summed E-state index contributed by atoms with van der Waals surface area (Å²) >= 11 is 0. The Bertz CT molecular complexity index is 946. The first-order chi connectivity index (χ1) is 14.8. The van der Waals surface area contributed by atoms with Crippen LogP contribution in [0.25, 0.3) is 6.08 Å². The van der Waals surface area contributed by atoms with E-state index < -0.39 is 0 Å². The number of para-hydroxylation sites is 1. The maximum absolute atomic E-state index is 12.1. The molecule has 1 saturated heterocycles. The lowest BCUT2D eigenvalue weighted by molar-refractivity contribution is 0.0548. The molecule has 2 aromatic rings. The van der Waals surface area contributed by atoms with E-state index in [-0.39, 0.29) is 6.03 Å². The first-order valence-corrected chi connectivity index (χ1v) is 10.3. The summed E-state index contributed by atoms with van der Waals surface area (Å²) in [4.78, 5) is 14.5. The average Bonchev–Trinajstić information content (AvgIpc) is 3.18. The molecule has 1 fully saturated rings. The second-order valence-electron chi connectivity index (χ2n) is 7.24. The standard InChI is InChI=1S/C24H26N4O2/c29-24(26-22-9-5-2-6-10-22)27-25-18-21-12-11-20(17-19-7-3-1-4-8-19)23(21)28-13-15-30-16-14-28/h1-10,17-18H,11-16H2,(H2,26,27,29)/b20-17+,25-18+. The number of benzene rings is 2. The van der Waals surface area contributed by atoms with Gasteiger partial charge < -0.3 is 15.0 Å². The molecule has 0 spiro atoms. The molecule has 6 heteroatoms. The molecule has 4 rings (SSSR count). The number of nitrogens with one attached hydrogen (secondary N) is 2. The summed E-state index contributed by atoms with van der Waals surface area (Å²) in [6.45, 7) is 3.18. The molecule has 0 radical (unpaired) electrons. The zero-order valence-corrected chi connectivity index (χ0v) is 16.9. The van der Waals surface area contributed by atoms with E-state index in [4.69, 9.17) is 4.74 Å². The normalized spacial score (nSPS) is 18.3. The van der Waals surface area contributed by atoms with Crippen molar-refractivity contribution >= 4 is 24.0 Å². The minimum Gasteiger partial charge on any atom is -0.378 e. The van der Waals surface area contributed by atoms with Gasteiger partial charge in [-0.25, -0.2) is 10.2 Å². The molecular formula is C24H26N4O2. The zero-order valence-electron chi connectivity index (χ0n) is 16.9. The number of morpholine rings is 1. The third kappa shape index (κ3) is 5.15. The Labute approximate surface area is 176 Å². The van der Waals surface area contributed by atoms with Crippen molar-refractivity contribution < 1.29 is 9.53 Å². The minimum absolute atomic E-state index is 0.357. The predicted molar refractivity (Wildman–Crippen MR) is 120 cm³/mol. The highest BCUT2D eigenvalue weighted by Crippen LogP contribution is 2.34. The maximum Gasteiger partial charge on any atom is 0.339 e. The number of hydrogen-bond acceptors (Lipinski definition) is 4. The second-order valence-corrected chi connectivity index (χ2v) is 7.24. The number of hydrazone groups is 1. The second kappa shape index (κ2) is 9.89. The summed E-state index contributed by atoms with van der Waals surface area (Å²) in [5.41, 5.74) is 8.15. The topological polar surface area (TPSA) is 66.0 Å². The lowest BCUT2D eigenvalue weighted by Gasteiger charge is -2.31. The predicted octanol–water partition coefficient (Wildman–Crippen LogP) is 4.26. The largest absolute Gasteiger partial charge is 0.378 e. The van der Waals surface area contributed by atoms with E-state index in [0.717, 1.165) is 50.4 Å². The van der Waals surface area contributed by atoms with Crippen LogP contribution in [0, 0.1) is 0 Å². The molecule has 0 unspecified atom stereocenters. The van der Waals surface area contributed by atoms with Crippen molar-refractivity contribution in [3.8, 4) is 0 Å². The summed E-state index contributed by atoms with van der Waals surface area (Å²) in [5, 5.41) is 6.97. The van der Waals surface area contributed by atoms with Gasteiger partial charge in [0.05, 0.1) is 19.4 Å². The molecule has 0 saturated carbocycles. The number of rotatable bonds is 5. The maximum atomic E-state index is 12.1. The third-order valence-electron chi connectivity index (χ3n) is 5.16. The Kier molecular flexibility index (Phi) is 6.57. The third-order valence-corrected chi connectivity index (χ3v) is 5.16. The van der Waals surface area contributed by atoms with Gasteiger partial charge in [-0.05, 0) is 47.8 Å². The van der Waals surface area contributed by atoms with Gasteiger partial charge in [0.2, 0.25) is 0 Å². The van der Waals surface area contributed by atoms with Gasteiger partial charge in [-0.15, -0.1) is 0 Å². The molecular weight excluding hydrogens is 376 g/mol. The van der Waals surface area contributed by atoms with Gasteiger partial charge in [-0.1, -0.05) is 48.5 Å². The van der Waals surface area contributed by atoms with E-state index in [0.29, 0.717) is 0 Å². The fraction of sp³-hybridized carbons (Fsp3) is 0.250. The molecule has 2 N–H and O–H groups in total. The van der Waals surface area contributed by atoms with Crippen LogP contribution in [0.5, 0.6) is 0 Å². The summed E-state index contributed by atoms with van der Waals surface area (Å²) in [7, 11) is 0. The van der Waals surface area contributed by atoms with Crippen LogP contribution in [-0.2, 0) is 4.74 Å². The zero-order chi connectivity index (χ0) is 20.6. The number of hydrogen-bond donors (Lipinski definition) is 2. The number of carbonyl (C=O) groups excluding carboxylic acids is 1. The summed E-state index contributed by atoms with van der Waals surface area (Å²) in [6.07, 6.45) is 5.89. The fourth-order valence-corrected chi connectivity index (χ4v) is 3.77. The number of amides is 2. The number of carbonyl (C=O) groups is 1. The Morgan fingerprint density at radius 2 is 1.67 bits per heavy atom. The van der Waals surface area contributed by atoms with Gasteiger partial charge in [0, 0.05) is 24.5 Å². The van der Waals surface area contributed by atoms with E-state index in [1.807, 2.05) is 36.4 Å². The molecule has 2 aliphatic rings. The monoisotopic (exact) mass is 402 g/mol. The quantitative estimate of drug-likeness (QED) is 0.580. The molecule has 1 aliphatic carbocycles. The van der Waals surface area contributed by atoms with Crippen molar-refractivity contribution in [2.75, 3.05) is 31.6 Å². The number of nitrogens with zero attached hydrogens (tertiary/aromatic N) is 2. The van der Waals surface area contributed by atoms with Gasteiger partial charge in [-0.3, -0.25) is 0 Å². The van der Waals surface area contributed by atoms with Gasteiger partial charge in [0.15, 0.2) is 0 Å². The lowest BCUT2D eigenvalue weighted by atomic mass is 10.1. The summed E-state index contributed by atoms with van der Waals surface area (Å²) in [5.74, 6) is 0. The van der Waals surface area contributed by atoms with E-state index in [1.54, 1.807) is 6.21 Å². The Morgan fingerprint density at radius 3 is 2.40 bits per heavy atom. The van der Waals surface area contributed by atoms with Crippen LogP contribution in [0.4, 0.5) is 10.5 Å². The molecule has 1 heterocycles. The van der Waals surface area contributed by atoms with E-state index in [9.17, 15) is 4.79 Å². The fourth-order valence-electron chi connectivity index (χ4n) is 3.77. The smallest absolute Gasteiger partial charge is 0.339 e. The molecule has 30 heavy (non-hydrogen) atoms. The van der Waals surface area contributed by atoms with Crippen LogP contribution in [-0.4, -0.2) is 43.4 Å². The molecule has 6 nitrogen and oxygen atoms in total. The first kappa shape index (κ1) is 19.9. The van der Waals surface area contributed by atoms with Crippen molar-refractivity contribution in [3.05, 3.63) is 83.1 Å². The van der Waals surface area contributed by atoms with E-state index >= 15 is 0 Å². The Balaban J connectivity index is 1.50. The van der Waals surface area contributed by atoms with Crippen LogP contribution in [0.1, 0.15) is 18.4 Å². The highest BCUT2D eigenvalue weighted by atomic mass is 16.5. The van der Waals surface area contributed by atoms with Crippen molar-refractivity contribution in [2.24, 2.45) is 5.10 Å².